The molecule has 0 aliphatic carbocycles. The number of nitrogens with zero attached hydrogens (tertiary/aromatic N) is 4. The van der Waals surface area contributed by atoms with E-state index in [4.69, 9.17) is 4.98 Å². The van der Waals surface area contributed by atoms with Crippen LogP contribution in [0.5, 0.6) is 0 Å². The van der Waals surface area contributed by atoms with E-state index in [-0.39, 0.29) is 11.9 Å². The lowest BCUT2D eigenvalue weighted by Gasteiger charge is -2.22. The molecule has 0 radical (unpaired) electrons. The summed E-state index contributed by atoms with van der Waals surface area (Å²) in [6, 6.07) is 8.25. The molecule has 1 aromatic carbocycles. The molecule has 0 unspecified atom stereocenters. The van der Waals surface area contributed by atoms with Gasteiger partial charge in [0.1, 0.15) is 5.82 Å². The van der Waals surface area contributed by atoms with E-state index in [2.05, 4.69) is 16.9 Å². The zero-order chi connectivity index (χ0) is 19.0. The lowest BCUT2D eigenvalue weighted by molar-refractivity contribution is 0.0749. The van der Waals surface area contributed by atoms with E-state index in [1.807, 2.05) is 43.0 Å². The minimum Gasteiger partial charge on any atom is -0.336 e. The molecule has 0 saturated carbocycles. The molecule has 5 nitrogen and oxygen atoms in total. The highest BCUT2D eigenvalue weighted by molar-refractivity contribution is 6.07. The molecule has 1 aliphatic heterocycles. The molecule has 0 bridgehead atoms. The maximum Gasteiger partial charge on any atom is 0.254 e. The number of fused-ring (bicyclic) bond motifs is 1. The zero-order valence-electron chi connectivity index (χ0n) is 16.1. The average molecular weight is 360 g/mol. The standard InChI is InChI=1S/C22H24N4O/c1-4-21-23-12-16(13-24-21)19-11-18(22(27)26-9-5-6-15(26)3)17-8-7-14(2)10-20(17)25-19/h7-8,10-13,15H,4-6,9H2,1-3H3/t15-/m0/s1. The number of aryl methyl sites for hydroxylation is 2. The molecule has 27 heavy (non-hydrogen) atoms. The van der Waals surface area contributed by atoms with Crippen molar-refractivity contribution in [2.24, 2.45) is 0 Å². The van der Waals surface area contributed by atoms with Gasteiger partial charge in [-0.15, -0.1) is 0 Å². The Morgan fingerprint density at radius 3 is 2.67 bits per heavy atom. The van der Waals surface area contributed by atoms with Crippen LogP contribution in [0.4, 0.5) is 0 Å². The second-order valence-electron chi connectivity index (χ2n) is 7.31. The molecule has 3 aromatic rings. The average Bonchev–Trinajstić information content (AvgIpc) is 3.12. The Balaban J connectivity index is 1.86. The Hall–Kier alpha value is -2.82. The van der Waals surface area contributed by atoms with Gasteiger partial charge in [0.05, 0.1) is 16.8 Å². The highest BCUT2D eigenvalue weighted by atomic mass is 16.2. The third kappa shape index (κ3) is 3.29. The summed E-state index contributed by atoms with van der Waals surface area (Å²) in [4.78, 5) is 28.9. The number of hydrogen-bond acceptors (Lipinski definition) is 4. The monoisotopic (exact) mass is 360 g/mol. The van der Waals surface area contributed by atoms with Crippen LogP contribution in [0, 0.1) is 6.92 Å². The van der Waals surface area contributed by atoms with Crippen molar-refractivity contribution < 1.29 is 4.79 Å². The first-order valence-corrected chi connectivity index (χ1v) is 9.60. The molecule has 1 saturated heterocycles. The van der Waals surface area contributed by atoms with Gasteiger partial charge in [0, 0.05) is 42.4 Å². The maximum atomic E-state index is 13.3. The number of pyridine rings is 1. The molecule has 1 aliphatic rings. The van der Waals surface area contributed by atoms with Crippen molar-refractivity contribution in [2.75, 3.05) is 6.54 Å². The minimum atomic E-state index is 0.0867. The van der Waals surface area contributed by atoms with Crippen molar-refractivity contribution in [3.8, 4) is 11.3 Å². The summed E-state index contributed by atoms with van der Waals surface area (Å²) in [6.07, 6.45) is 6.51. The van der Waals surface area contributed by atoms with Crippen LogP contribution in [0.1, 0.15) is 48.4 Å². The van der Waals surface area contributed by atoms with Crippen LogP contribution in [-0.2, 0) is 6.42 Å². The van der Waals surface area contributed by atoms with Crippen LogP contribution in [0.2, 0.25) is 0 Å². The minimum absolute atomic E-state index is 0.0867. The van der Waals surface area contributed by atoms with Crippen molar-refractivity contribution in [1.29, 1.82) is 0 Å². The highest BCUT2D eigenvalue weighted by Crippen LogP contribution is 2.28. The van der Waals surface area contributed by atoms with Crippen LogP contribution in [-0.4, -0.2) is 38.3 Å². The van der Waals surface area contributed by atoms with Gasteiger partial charge < -0.3 is 4.90 Å². The Morgan fingerprint density at radius 2 is 2.00 bits per heavy atom. The van der Waals surface area contributed by atoms with Gasteiger partial charge in [-0.05, 0) is 44.4 Å². The SMILES string of the molecule is CCc1ncc(-c2cc(C(=O)N3CCC[C@@H]3C)c3ccc(C)cc3n2)cn1. The van der Waals surface area contributed by atoms with E-state index in [9.17, 15) is 4.79 Å². The lowest BCUT2D eigenvalue weighted by Crippen LogP contribution is -2.33. The first-order valence-electron chi connectivity index (χ1n) is 9.60. The quantitative estimate of drug-likeness (QED) is 0.703. The molecule has 0 N–H and O–H groups in total. The number of benzene rings is 1. The van der Waals surface area contributed by atoms with Gasteiger partial charge in [-0.2, -0.15) is 0 Å². The van der Waals surface area contributed by atoms with Gasteiger partial charge in [0.15, 0.2) is 0 Å². The van der Waals surface area contributed by atoms with Crippen LogP contribution < -0.4 is 0 Å². The third-order valence-corrected chi connectivity index (χ3v) is 5.33. The van der Waals surface area contributed by atoms with Crippen LogP contribution in [0.15, 0.2) is 36.7 Å². The van der Waals surface area contributed by atoms with Crippen LogP contribution >= 0.6 is 0 Å². The molecular formula is C22H24N4O. The Morgan fingerprint density at radius 1 is 1.22 bits per heavy atom. The van der Waals surface area contributed by atoms with Crippen LogP contribution in [0.25, 0.3) is 22.2 Å². The van der Waals surface area contributed by atoms with Gasteiger partial charge in [0.2, 0.25) is 0 Å². The van der Waals surface area contributed by atoms with E-state index in [1.165, 1.54) is 0 Å². The summed E-state index contributed by atoms with van der Waals surface area (Å²) in [5.74, 6) is 0.890. The molecular weight excluding hydrogens is 336 g/mol. The Labute approximate surface area is 159 Å². The van der Waals surface area contributed by atoms with Gasteiger partial charge in [-0.25, -0.2) is 15.0 Å². The molecule has 1 fully saturated rings. The number of aromatic nitrogens is 3. The summed E-state index contributed by atoms with van der Waals surface area (Å²) in [7, 11) is 0. The van der Waals surface area contributed by atoms with Crippen molar-refractivity contribution in [1.82, 2.24) is 19.9 Å². The summed E-state index contributed by atoms with van der Waals surface area (Å²) in [5.41, 5.74) is 4.24. The molecule has 138 valence electrons. The van der Waals surface area contributed by atoms with Gasteiger partial charge in [0.25, 0.3) is 5.91 Å². The van der Waals surface area contributed by atoms with E-state index < -0.39 is 0 Å². The smallest absolute Gasteiger partial charge is 0.254 e. The molecule has 1 amide bonds. The summed E-state index contributed by atoms with van der Waals surface area (Å²) in [5, 5.41) is 0.902. The summed E-state index contributed by atoms with van der Waals surface area (Å²) >= 11 is 0. The van der Waals surface area contributed by atoms with E-state index in [1.54, 1.807) is 12.4 Å². The molecule has 5 heteroatoms. The molecule has 0 spiro atoms. The number of likely N-dealkylation sites (tertiary alicyclic amines) is 1. The van der Waals surface area contributed by atoms with Crippen molar-refractivity contribution in [3.63, 3.8) is 0 Å². The Bertz CT molecular complexity index is 997. The second kappa shape index (κ2) is 7.06. The first kappa shape index (κ1) is 17.6. The summed E-state index contributed by atoms with van der Waals surface area (Å²) < 4.78 is 0. The van der Waals surface area contributed by atoms with Gasteiger partial charge >= 0.3 is 0 Å². The fourth-order valence-electron chi connectivity index (χ4n) is 3.72. The van der Waals surface area contributed by atoms with Crippen LogP contribution in [0.3, 0.4) is 0 Å². The van der Waals surface area contributed by atoms with Crippen molar-refractivity contribution in [3.05, 3.63) is 53.6 Å². The largest absolute Gasteiger partial charge is 0.336 e. The van der Waals surface area contributed by atoms with E-state index in [0.29, 0.717) is 5.56 Å². The predicted molar refractivity (Wildman–Crippen MR) is 107 cm³/mol. The second-order valence-corrected chi connectivity index (χ2v) is 7.31. The first-order chi connectivity index (χ1) is 13.1. The number of hydrogen-bond donors (Lipinski definition) is 0. The number of amides is 1. The predicted octanol–water partition coefficient (Wildman–Crippen LogP) is 4.19. The zero-order valence-corrected chi connectivity index (χ0v) is 16.1. The molecule has 1 atom stereocenters. The maximum absolute atomic E-state index is 13.3. The highest BCUT2D eigenvalue weighted by Gasteiger charge is 2.27. The Kier molecular flexibility index (Phi) is 4.60. The normalized spacial score (nSPS) is 16.9. The fraction of sp³-hybridized carbons (Fsp3) is 0.364. The molecule has 2 aromatic heterocycles. The number of rotatable bonds is 3. The summed E-state index contributed by atoms with van der Waals surface area (Å²) in [6.45, 7) is 7.01. The molecule has 3 heterocycles. The van der Waals surface area contributed by atoms with Gasteiger partial charge in [-0.1, -0.05) is 19.1 Å². The lowest BCUT2D eigenvalue weighted by atomic mass is 10.0. The van der Waals surface area contributed by atoms with E-state index >= 15 is 0 Å². The van der Waals surface area contributed by atoms with Crippen molar-refractivity contribution >= 4 is 16.8 Å². The molecule has 4 rings (SSSR count). The topological polar surface area (TPSA) is 59.0 Å². The number of carbonyl (C=O) groups is 1. The fourth-order valence-corrected chi connectivity index (χ4v) is 3.72. The van der Waals surface area contributed by atoms with Gasteiger partial charge in [-0.3, -0.25) is 4.79 Å². The van der Waals surface area contributed by atoms with E-state index in [0.717, 1.165) is 59.4 Å². The third-order valence-electron chi connectivity index (χ3n) is 5.33. The number of carbonyl (C=O) groups excluding carboxylic acids is 1. The van der Waals surface area contributed by atoms with Crippen molar-refractivity contribution in [2.45, 2.75) is 46.1 Å².